The second-order valence-corrected chi connectivity index (χ2v) is 5.30. The Kier molecular flexibility index (Phi) is 3.25. The average molecular weight is 290 g/mol. The van der Waals surface area contributed by atoms with Crippen LogP contribution in [-0.4, -0.2) is 35.4 Å². The van der Waals surface area contributed by atoms with Crippen LogP contribution in [0, 0.1) is 0 Å². The topological polar surface area (TPSA) is 45.2 Å². The highest BCUT2D eigenvalue weighted by atomic mass is 79.9. The van der Waals surface area contributed by atoms with Crippen LogP contribution in [0.25, 0.3) is 0 Å². The number of piperidine rings is 1. The molecule has 0 radical (unpaired) electrons. The van der Waals surface area contributed by atoms with Crippen LogP contribution in [0.4, 0.5) is 5.13 Å². The first-order valence-electron chi connectivity index (χ1n) is 4.76. The molecule has 6 heteroatoms. The first kappa shape index (κ1) is 10.9. The minimum atomic E-state index is 0.230. The lowest BCUT2D eigenvalue weighted by Crippen LogP contribution is -2.43. The molecule has 0 saturated carbocycles. The molecule has 15 heavy (non-hydrogen) atoms. The van der Waals surface area contributed by atoms with Gasteiger partial charge in [0, 0.05) is 31.4 Å². The molecule has 0 aromatic carbocycles. The van der Waals surface area contributed by atoms with E-state index in [2.05, 4.69) is 26.2 Å². The molecular formula is C9H12BrN3OS. The number of hydrogen-bond acceptors (Lipinski definition) is 4. The van der Waals surface area contributed by atoms with Crippen LogP contribution in [0.15, 0.2) is 9.98 Å². The van der Waals surface area contributed by atoms with Crippen molar-refractivity contribution in [2.24, 2.45) is 0 Å². The Labute approximate surface area is 101 Å². The normalized spacial score (nSPS) is 21.9. The van der Waals surface area contributed by atoms with Gasteiger partial charge in [-0.05, 0) is 22.4 Å². The first-order valence-corrected chi connectivity index (χ1v) is 6.44. The minimum Gasteiger partial charge on any atom is -0.357 e. The van der Waals surface area contributed by atoms with E-state index in [1.165, 1.54) is 0 Å². The smallest absolute Gasteiger partial charge is 0.222 e. The number of likely N-dealkylation sites (tertiary alicyclic amines) is 1. The third-order valence-corrected chi connectivity index (χ3v) is 3.91. The first-order chi connectivity index (χ1) is 7.15. The van der Waals surface area contributed by atoms with Crippen molar-refractivity contribution in [2.45, 2.75) is 18.9 Å². The van der Waals surface area contributed by atoms with Gasteiger partial charge < -0.3 is 10.2 Å². The Morgan fingerprint density at radius 3 is 3.13 bits per heavy atom. The molecule has 1 fully saturated rings. The number of carbonyl (C=O) groups excluding carboxylic acids is 1. The van der Waals surface area contributed by atoms with Crippen molar-refractivity contribution in [3.05, 3.63) is 9.98 Å². The van der Waals surface area contributed by atoms with Gasteiger partial charge in [0.15, 0.2) is 5.13 Å². The van der Waals surface area contributed by atoms with E-state index in [1.807, 2.05) is 12.4 Å². The average Bonchev–Trinajstić information content (AvgIpc) is 2.58. The minimum absolute atomic E-state index is 0.230. The van der Waals surface area contributed by atoms with E-state index < -0.39 is 0 Å². The van der Waals surface area contributed by atoms with Crippen molar-refractivity contribution in [1.82, 2.24) is 9.88 Å². The lowest BCUT2D eigenvalue weighted by atomic mass is 10.1. The Hall–Kier alpha value is -0.620. The van der Waals surface area contributed by atoms with E-state index in [-0.39, 0.29) is 5.91 Å². The van der Waals surface area contributed by atoms with Crippen LogP contribution < -0.4 is 5.32 Å². The molecule has 1 unspecified atom stereocenters. The number of rotatable bonds is 2. The fraction of sp³-hybridized carbons (Fsp3) is 0.556. The van der Waals surface area contributed by atoms with E-state index in [0.29, 0.717) is 12.5 Å². The maximum Gasteiger partial charge on any atom is 0.222 e. The van der Waals surface area contributed by atoms with Gasteiger partial charge in [-0.15, -0.1) is 11.3 Å². The number of halogens is 1. The van der Waals surface area contributed by atoms with E-state index >= 15 is 0 Å². The fourth-order valence-corrected chi connectivity index (χ4v) is 2.85. The molecule has 1 amide bonds. The van der Waals surface area contributed by atoms with E-state index in [4.69, 9.17) is 0 Å². The zero-order chi connectivity index (χ0) is 10.8. The molecule has 82 valence electrons. The molecule has 1 N–H and O–H groups in total. The van der Waals surface area contributed by atoms with Gasteiger partial charge in [0.05, 0.1) is 0 Å². The van der Waals surface area contributed by atoms with Gasteiger partial charge in [0.2, 0.25) is 5.91 Å². The van der Waals surface area contributed by atoms with Crippen LogP contribution in [0.3, 0.4) is 0 Å². The van der Waals surface area contributed by atoms with Crippen molar-refractivity contribution in [1.29, 1.82) is 0 Å². The SMILES string of the molecule is CN1CC(Nc2nc(Br)cs2)CCC1=O. The second kappa shape index (κ2) is 4.49. The van der Waals surface area contributed by atoms with E-state index in [9.17, 15) is 4.79 Å². The summed E-state index contributed by atoms with van der Waals surface area (Å²) in [4.78, 5) is 17.3. The summed E-state index contributed by atoms with van der Waals surface area (Å²) in [6, 6.07) is 0.325. The maximum atomic E-state index is 11.3. The quantitative estimate of drug-likeness (QED) is 0.905. The highest BCUT2D eigenvalue weighted by Gasteiger charge is 2.23. The van der Waals surface area contributed by atoms with Gasteiger partial charge in [-0.25, -0.2) is 4.98 Å². The number of aromatic nitrogens is 1. The molecule has 0 spiro atoms. The lowest BCUT2D eigenvalue weighted by Gasteiger charge is -2.29. The standard InChI is InChI=1S/C9H12BrN3OS/c1-13-4-6(2-3-8(13)14)11-9-12-7(10)5-15-9/h5-6H,2-4H2,1H3,(H,11,12). The summed E-state index contributed by atoms with van der Waals surface area (Å²) < 4.78 is 0.857. The Morgan fingerprint density at radius 1 is 1.73 bits per heavy atom. The summed E-state index contributed by atoms with van der Waals surface area (Å²) in [5, 5.41) is 6.19. The van der Waals surface area contributed by atoms with Crippen molar-refractivity contribution in [2.75, 3.05) is 18.9 Å². The van der Waals surface area contributed by atoms with Gasteiger partial charge >= 0.3 is 0 Å². The molecule has 1 aliphatic heterocycles. The molecule has 1 atom stereocenters. The van der Waals surface area contributed by atoms with E-state index in [1.54, 1.807) is 16.2 Å². The number of carbonyl (C=O) groups is 1. The monoisotopic (exact) mass is 289 g/mol. The fourth-order valence-electron chi connectivity index (χ4n) is 1.63. The van der Waals surface area contributed by atoms with Crippen molar-refractivity contribution < 1.29 is 4.79 Å². The Morgan fingerprint density at radius 2 is 2.53 bits per heavy atom. The zero-order valence-electron chi connectivity index (χ0n) is 8.36. The largest absolute Gasteiger partial charge is 0.357 e. The molecule has 0 bridgehead atoms. The van der Waals surface area contributed by atoms with Crippen LogP contribution >= 0.6 is 27.3 Å². The molecule has 1 aromatic heterocycles. The molecule has 1 saturated heterocycles. The number of nitrogens with one attached hydrogen (secondary N) is 1. The third-order valence-electron chi connectivity index (χ3n) is 2.43. The maximum absolute atomic E-state index is 11.3. The number of likely N-dealkylation sites (N-methyl/N-ethyl adjacent to an activating group) is 1. The molecule has 4 nitrogen and oxygen atoms in total. The third kappa shape index (κ3) is 2.69. The lowest BCUT2D eigenvalue weighted by molar-refractivity contribution is -0.132. The van der Waals surface area contributed by atoms with Crippen molar-refractivity contribution in [3.63, 3.8) is 0 Å². The van der Waals surface area contributed by atoms with Crippen LogP contribution in [-0.2, 0) is 4.79 Å². The Balaban J connectivity index is 1.93. The molecule has 0 aliphatic carbocycles. The summed E-state index contributed by atoms with van der Waals surface area (Å²) in [6.45, 7) is 0.760. The van der Waals surface area contributed by atoms with Crippen LogP contribution in [0.1, 0.15) is 12.8 Å². The highest BCUT2D eigenvalue weighted by Crippen LogP contribution is 2.22. The van der Waals surface area contributed by atoms with Gasteiger partial charge in [-0.2, -0.15) is 0 Å². The predicted octanol–water partition coefficient (Wildman–Crippen LogP) is 1.94. The number of nitrogens with zero attached hydrogens (tertiary/aromatic N) is 2. The van der Waals surface area contributed by atoms with Gasteiger partial charge in [0.25, 0.3) is 0 Å². The van der Waals surface area contributed by atoms with Crippen LogP contribution in [0.2, 0.25) is 0 Å². The van der Waals surface area contributed by atoms with Gasteiger partial charge in [-0.3, -0.25) is 4.79 Å². The summed E-state index contributed by atoms with van der Waals surface area (Å²) >= 11 is 4.89. The molecular weight excluding hydrogens is 278 g/mol. The van der Waals surface area contributed by atoms with E-state index in [0.717, 1.165) is 22.7 Å². The highest BCUT2D eigenvalue weighted by molar-refractivity contribution is 9.10. The molecule has 2 heterocycles. The summed E-state index contributed by atoms with van der Waals surface area (Å²) in [7, 11) is 1.84. The van der Waals surface area contributed by atoms with Gasteiger partial charge in [-0.1, -0.05) is 0 Å². The summed E-state index contributed by atoms with van der Waals surface area (Å²) in [6.07, 6.45) is 1.51. The zero-order valence-corrected chi connectivity index (χ0v) is 10.8. The summed E-state index contributed by atoms with van der Waals surface area (Å²) in [5.41, 5.74) is 0. The number of thiazole rings is 1. The number of hydrogen-bond donors (Lipinski definition) is 1. The van der Waals surface area contributed by atoms with Crippen molar-refractivity contribution >= 4 is 38.3 Å². The predicted molar refractivity (Wildman–Crippen MR) is 64.1 cm³/mol. The Bertz CT molecular complexity index is 368. The number of anilines is 1. The molecule has 1 aromatic rings. The summed E-state index contributed by atoms with van der Waals surface area (Å²) in [5.74, 6) is 0.230. The van der Waals surface area contributed by atoms with Crippen LogP contribution in [0.5, 0.6) is 0 Å². The number of amides is 1. The second-order valence-electron chi connectivity index (χ2n) is 3.63. The molecule has 1 aliphatic rings. The van der Waals surface area contributed by atoms with Crippen molar-refractivity contribution in [3.8, 4) is 0 Å². The van der Waals surface area contributed by atoms with Gasteiger partial charge in [0.1, 0.15) is 4.60 Å². The molecule has 2 rings (SSSR count).